The lowest BCUT2D eigenvalue weighted by molar-refractivity contribution is -0.142. The summed E-state index contributed by atoms with van der Waals surface area (Å²) in [4.78, 5) is 36.7. The van der Waals surface area contributed by atoms with Gasteiger partial charge in [0.2, 0.25) is 5.95 Å². The molecule has 4 rings (SSSR count). The van der Waals surface area contributed by atoms with E-state index in [1.54, 1.807) is 17.8 Å². The first-order valence-electron chi connectivity index (χ1n) is 12.2. The molecule has 1 aliphatic rings. The van der Waals surface area contributed by atoms with Crippen molar-refractivity contribution in [2.75, 3.05) is 30.9 Å². The molecule has 0 spiro atoms. The molecule has 0 saturated carbocycles. The molecule has 188 valence electrons. The second-order valence-electron chi connectivity index (χ2n) is 8.92. The summed E-state index contributed by atoms with van der Waals surface area (Å²) in [6.07, 6.45) is 2.01. The van der Waals surface area contributed by atoms with Gasteiger partial charge in [-0.3, -0.25) is 4.79 Å². The standard InChI is InChI=1S/C28H32N4O3S/c1-20-17-24(26(33)30-25(27(34)35-2)19-36-18-21-9-5-3-6-10-21)31-28(29-20)32-15-13-23(14-16-32)22-11-7-4-8-12-22/h3-12,17,23,25H,13-16,18-19H2,1-2H3,(H,30,33)/t25-/m0/s1. The highest BCUT2D eigenvalue weighted by molar-refractivity contribution is 7.98. The number of piperidine rings is 1. The second kappa shape index (κ2) is 12.5. The largest absolute Gasteiger partial charge is 0.467 e. The molecule has 1 atom stereocenters. The number of thioether (sulfide) groups is 1. The zero-order valence-electron chi connectivity index (χ0n) is 20.7. The Balaban J connectivity index is 1.39. The van der Waals surface area contributed by atoms with E-state index < -0.39 is 17.9 Å². The molecule has 1 N–H and O–H groups in total. The van der Waals surface area contributed by atoms with Crippen LogP contribution in [0, 0.1) is 6.92 Å². The topological polar surface area (TPSA) is 84.4 Å². The number of rotatable bonds is 9. The fourth-order valence-corrected chi connectivity index (χ4v) is 5.36. The van der Waals surface area contributed by atoms with Crippen LogP contribution in [-0.4, -0.2) is 53.8 Å². The van der Waals surface area contributed by atoms with Crippen LogP contribution in [-0.2, 0) is 15.3 Å². The van der Waals surface area contributed by atoms with E-state index in [1.165, 1.54) is 12.7 Å². The highest BCUT2D eigenvalue weighted by Crippen LogP contribution is 2.29. The number of ether oxygens (including phenoxy) is 1. The van der Waals surface area contributed by atoms with Crippen molar-refractivity contribution in [2.45, 2.75) is 37.5 Å². The molecule has 2 heterocycles. The van der Waals surface area contributed by atoms with Crippen LogP contribution in [0.3, 0.4) is 0 Å². The number of anilines is 1. The maximum absolute atomic E-state index is 13.1. The summed E-state index contributed by atoms with van der Waals surface area (Å²) >= 11 is 1.57. The number of methoxy groups -OCH3 is 1. The van der Waals surface area contributed by atoms with Gasteiger partial charge < -0.3 is 15.0 Å². The molecule has 2 aromatic carbocycles. The van der Waals surface area contributed by atoms with Gasteiger partial charge in [-0.1, -0.05) is 60.7 Å². The van der Waals surface area contributed by atoms with Crippen LogP contribution >= 0.6 is 11.8 Å². The number of carbonyl (C=O) groups excluding carboxylic acids is 2. The first kappa shape index (κ1) is 25.7. The first-order chi connectivity index (χ1) is 17.5. The minimum Gasteiger partial charge on any atom is -0.467 e. The smallest absolute Gasteiger partial charge is 0.329 e. The average Bonchev–Trinajstić information content (AvgIpc) is 2.93. The summed E-state index contributed by atoms with van der Waals surface area (Å²) in [7, 11) is 1.33. The number of carbonyl (C=O) groups is 2. The van der Waals surface area contributed by atoms with Gasteiger partial charge in [-0.05, 0) is 42.9 Å². The van der Waals surface area contributed by atoms with Gasteiger partial charge in [0.15, 0.2) is 0 Å². The predicted molar refractivity (Wildman–Crippen MR) is 143 cm³/mol. The number of amides is 1. The van der Waals surface area contributed by atoms with Crippen LogP contribution in [0.2, 0.25) is 0 Å². The summed E-state index contributed by atoms with van der Waals surface area (Å²) in [6, 6.07) is 21.5. The third-order valence-corrected chi connectivity index (χ3v) is 7.42. The Hall–Kier alpha value is -3.39. The van der Waals surface area contributed by atoms with Gasteiger partial charge in [0.25, 0.3) is 5.91 Å². The highest BCUT2D eigenvalue weighted by Gasteiger charge is 2.26. The molecule has 0 radical (unpaired) electrons. The minimum absolute atomic E-state index is 0.254. The molecule has 1 amide bonds. The monoisotopic (exact) mass is 504 g/mol. The van der Waals surface area contributed by atoms with E-state index in [-0.39, 0.29) is 5.69 Å². The molecule has 0 bridgehead atoms. The van der Waals surface area contributed by atoms with Crippen LogP contribution < -0.4 is 10.2 Å². The van der Waals surface area contributed by atoms with Gasteiger partial charge in [-0.2, -0.15) is 11.8 Å². The normalized spacial score (nSPS) is 14.8. The third kappa shape index (κ3) is 6.85. The van der Waals surface area contributed by atoms with Crippen molar-refractivity contribution >= 4 is 29.6 Å². The number of hydrogen-bond donors (Lipinski definition) is 1. The van der Waals surface area contributed by atoms with Crippen LogP contribution in [0.15, 0.2) is 66.7 Å². The Bertz CT molecular complexity index is 1150. The van der Waals surface area contributed by atoms with Crippen molar-refractivity contribution in [3.05, 3.63) is 89.2 Å². The summed E-state index contributed by atoms with van der Waals surface area (Å²) < 4.78 is 4.93. The second-order valence-corrected chi connectivity index (χ2v) is 9.95. The lowest BCUT2D eigenvalue weighted by Crippen LogP contribution is -2.44. The van der Waals surface area contributed by atoms with Crippen molar-refractivity contribution in [3.8, 4) is 0 Å². The molecule has 1 fully saturated rings. The van der Waals surface area contributed by atoms with Gasteiger partial charge in [0, 0.05) is 30.3 Å². The summed E-state index contributed by atoms with van der Waals surface area (Å²) in [6.45, 7) is 3.50. The SMILES string of the molecule is COC(=O)[C@H](CSCc1ccccc1)NC(=O)c1cc(C)nc(N2CCC(c3ccccc3)CC2)n1. The number of aryl methyl sites for hydroxylation is 1. The Labute approximate surface area is 216 Å². The molecule has 1 aromatic heterocycles. The minimum atomic E-state index is -0.767. The van der Waals surface area contributed by atoms with Crippen molar-refractivity contribution in [1.29, 1.82) is 0 Å². The van der Waals surface area contributed by atoms with Gasteiger partial charge >= 0.3 is 5.97 Å². The summed E-state index contributed by atoms with van der Waals surface area (Å²) in [5, 5.41) is 2.81. The van der Waals surface area contributed by atoms with Crippen LogP contribution in [0.4, 0.5) is 5.95 Å². The molecular formula is C28H32N4O3S. The number of benzene rings is 2. The van der Waals surface area contributed by atoms with E-state index in [2.05, 4.69) is 44.5 Å². The Morgan fingerprint density at radius 2 is 1.72 bits per heavy atom. The van der Waals surface area contributed by atoms with E-state index in [0.29, 0.717) is 23.3 Å². The van der Waals surface area contributed by atoms with Crippen LogP contribution in [0.1, 0.15) is 46.1 Å². The zero-order chi connectivity index (χ0) is 25.3. The summed E-state index contributed by atoms with van der Waals surface area (Å²) in [5.41, 5.74) is 3.49. The van der Waals surface area contributed by atoms with Crippen molar-refractivity contribution < 1.29 is 14.3 Å². The molecule has 1 aliphatic heterocycles. The molecule has 0 unspecified atom stereocenters. The molecule has 7 nitrogen and oxygen atoms in total. The fourth-order valence-electron chi connectivity index (χ4n) is 4.36. The van der Waals surface area contributed by atoms with Gasteiger partial charge in [0.05, 0.1) is 7.11 Å². The van der Waals surface area contributed by atoms with E-state index in [0.717, 1.165) is 37.2 Å². The first-order valence-corrected chi connectivity index (χ1v) is 13.3. The predicted octanol–water partition coefficient (Wildman–Crippen LogP) is 4.37. The van der Waals surface area contributed by atoms with Gasteiger partial charge in [-0.25, -0.2) is 14.8 Å². The van der Waals surface area contributed by atoms with E-state index in [4.69, 9.17) is 4.74 Å². The average molecular weight is 505 g/mol. The Kier molecular flexibility index (Phi) is 8.95. The summed E-state index contributed by atoms with van der Waals surface area (Å²) in [5.74, 6) is 1.33. The number of hydrogen-bond acceptors (Lipinski definition) is 7. The maximum atomic E-state index is 13.1. The lowest BCUT2D eigenvalue weighted by atomic mass is 9.90. The maximum Gasteiger partial charge on any atom is 0.329 e. The van der Waals surface area contributed by atoms with E-state index >= 15 is 0 Å². The number of nitrogens with one attached hydrogen (secondary N) is 1. The lowest BCUT2D eigenvalue weighted by Gasteiger charge is -2.32. The van der Waals surface area contributed by atoms with E-state index in [1.807, 2.05) is 43.3 Å². The molecule has 36 heavy (non-hydrogen) atoms. The fraction of sp³-hybridized carbons (Fsp3) is 0.357. The third-order valence-electron chi connectivity index (χ3n) is 6.31. The zero-order valence-corrected chi connectivity index (χ0v) is 21.5. The number of esters is 1. The molecule has 8 heteroatoms. The van der Waals surface area contributed by atoms with Gasteiger partial charge in [0.1, 0.15) is 11.7 Å². The van der Waals surface area contributed by atoms with E-state index in [9.17, 15) is 9.59 Å². The molecule has 0 aliphatic carbocycles. The molecule has 1 saturated heterocycles. The quantitative estimate of drug-likeness (QED) is 0.433. The Morgan fingerprint density at radius 3 is 2.39 bits per heavy atom. The van der Waals surface area contributed by atoms with Gasteiger partial charge in [-0.15, -0.1) is 0 Å². The number of aromatic nitrogens is 2. The molecular weight excluding hydrogens is 472 g/mol. The van der Waals surface area contributed by atoms with Crippen molar-refractivity contribution in [1.82, 2.24) is 15.3 Å². The van der Waals surface area contributed by atoms with Crippen LogP contribution in [0.25, 0.3) is 0 Å². The number of nitrogens with zero attached hydrogens (tertiary/aromatic N) is 3. The Morgan fingerprint density at radius 1 is 1.06 bits per heavy atom. The van der Waals surface area contributed by atoms with Crippen molar-refractivity contribution in [3.63, 3.8) is 0 Å². The van der Waals surface area contributed by atoms with Crippen molar-refractivity contribution in [2.24, 2.45) is 0 Å². The molecule has 3 aromatic rings. The van der Waals surface area contributed by atoms with Crippen LogP contribution in [0.5, 0.6) is 0 Å². The highest BCUT2D eigenvalue weighted by atomic mass is 32.2.